The van der Waals surface area contributed by atoms with E-state index in [1.165, 1.54) is 6.92 Å². The topological polar surface area (TPSA) is 75.1 Å². The minimum absolute atomic E-state index is 0.169. The first-order valence-corrected chi connectivity index (χ1v) is 4.48. The highest BCUT2D eigenvalue weighted by Gasteiger charge is 2.36. The lowest BCUT2D eigenvalue weighted by molar-refractivity contribution is -0.144. The zero-order chi connectivity index (χ0) is 11.6. The van der Waals surface area contributed by atoms with E-state index in [-0.39, 0.29) is 5.13 Å². The summed E-state index contributed by atoms with van der Waals surface area (Å²) in [5.41, 5.74) is 0. The second-order valence-corrected chi connectivity index (χ2v) is 3.38. The number of nitrogens with zero attached hydrogens (tertiary/aromatic N) is 2. The molecule has 0 aromatic carbocycles. The second kappa shape index (κ2) is 4.01. The van der Waals surface area contributed by atoms with Crippen LogP contribution in [0, 0.1) is 0 Å². The van der Waals surface area contributed by atoms with E-state index in [0.717, 1.165) is 0 Å². The van der Waals surface area contributed by atoms with Crippen molar-refractivity contribution >= 4 is 22.6 Å². The maximum absolute atomic E-state index is 12.0. The zero-order valence-corrected chi connectivity index (χ0v) is 8.19. The fourth-order valence-electron chi connectivity index (χ4n) is 0.644. The molecule has 2 N–H and O–H groups in total. The van der Waals surface area contributed by atoms with Gasteiger partial charge in [0.25, 0.3) is 0 Å². The van der Waals surface area contributed by atoms with Gasteiger partial charge in [0.15, 0.2) is 0 Å². The Kier molecular flexibility index (Phi) is 3.12. The standard InChI is InChI=1S/C6H6F3N3O2S/c1-2(3(13)14)10-5-11-4(12-15-5)6(7,8)9/h2H,1H3,(H,13,14)(H,10,11,12). The van der Waals surface area contributed by atoms with Crippen LogP contribution in [0.1, 0.15) is 12.7 Å². The first-order chi connectivity index (χ1) is 6.80. The average Bonchev–Trinajstić information content (AvgIpc) is 2.51. The highest BCUT2D eigenvalue weighted by molar-refractivity contribution is 7.09. The molecule has 9 heteroatoms. The van der Waals surface area contributed by atoms with Crippen LogP contribution in [0.4, 0.5) is 18.3 Å². The van der Waals surface area contributed by atoms with Crippen LogP contribution in [0.2, 0.25) is 0 Å². The summed E-state index contributed by atoms with van der Waals surface area (Å²) in [5, 5.41) is 10.6. The SMILES string of the molecule is CC(Nc1nc(C(F)(F)F)ns1)C(=O)O. The Morgan fingerprint density at radius 3 is 2.60 bits per heavy atom. The molecular formula is C6H6F3N3O2S. The van der Waals surface area contributed by atoms with E-state index in [2.05, 4.69) is 14.7 Å². The molecule has 0 bridgehead atoms. The highest BCUT2D eigenvalue weighted by Crippen LogP contribution is 2.28. The van der Waals surface area contributed by atoms with Gasteiger partial charge in [-0.05, 0) is 6.92 Å². The largest absolute Gasteiger partial charge is 0.480 e. The molecule has 0 saturated carbocycles. The van der Waals surface area contributed by atoms with Crippen molar-refractivity contribution in [3.63, 3.8) is 0 Å². The summed E-state index contributed by atoms with van der Waals surface area (Å²) in [6, 6.07) is -1.01. The third-order valence-corrected chi connectivity index (χ3v) is 2.04. The minimum Gasteiger partial charge on any atom is -0.480 e. The summed E-state index contributed by atoms with van der Waals surface area (Å²) < 4.78 is 39.2. The molecule has 0 fully saturated rings. The lowest BCUT2D eigenvalue weighted by atomic mass is 10.4. The normalized spacial score (nSPS) is 13.6. The number of carbonyl (C=O) groups is 1. The van der Waals surface area contributed by atoms with Gasteiger partial charge in [0.1, 0.15) is 6.04 Å². The van der Waals surface area contributed by atoms with Gasteiger partial charge < -0.3 is 10.4 Å². The van der Waals surface area contributed by atoms with Crippen LogP contribution in [0.15, 0.2) is 0 Å². The first kappa shape index (κ1) is 11.7. The molecule has 84 valence electrons. The molecule has 1 atom stereocenters. The Bertz CT molecular complexity index is 365. The van der Waals surface area contributed by atoms with Crippen molar-refractivity contribution in [1.29, 1.82) is 0 Å². The number of nitrogens with one attached hydrogen (secondary N) is 1. The molecule has 5 nitrogen and oxygen atoms in total. The Morgan fingerprint density at radius 2 is 2.20 bits per heavy atom. The molecule has 0 aliphatic heterocycles. The molecule has 0 aliphatic rings. The van der Waals surface area contributed by atoms with E-state index in [9.17, 15) is 18.0 Å². The molecular weight excluding hydrogens is 235 g/mol. The Balaban J connectivity index is 2.73. The second-order valence-electron chi connectivity index (χ2n) is 2.63. The van der Waals surface area contributed by atoms with E-state index >= 15 is 0 Å². The predicted octanol–water partition coefficient (Wildman–Crippen LogP) is 1.44. The molecule has 15 heavy (non-hydrogen) atoms. The maximum Gasteiger partial charge on any atom is 0.452 e. The third-order valence-electron chi connectivity index (χ3n) is 1.39. The summed E-state index contributed by atoms with van der Waals surface area (Å²) in [7, 11) is 0. The van der Waals surface area contributed by atoms with Crippen molar-refractivity contribution in [3.8, 4) is 0 Å². The van der Waals surface area contributed by atoms with Gasteiger partial charge in [0.05, 0.1) is 0 Å². The highest BCUT2D eigenvalue weighted by atomic mass is 32.1. The quantitative estimate of drug-likeness (QED) is 0.837. The van der Waals surface area contributed by atoms with Gasteiger partial charge in [0, 0.05) is 11.5 Å². The van der Waals surface area contributed by atoms with Crippen LogP contribution < -0.4 is 5.32 Å². The van der Waals surface area contributed by atoms with Gasteiger partial charge in [-0.15, -0.1) is 0 Å². The zero-order valence-electron chi connectivity index (χ0n) is 7.37. The number of anilines is 1. The molecule has 1 heterocycles. The van der Waals surface area contributed by atoms with Crippen LogP contribution >= 0.6 is 11.5 Å². The van der Waals surface area contributed by atoms with Crippen molar-refractivity contribution in [3.05, 3.63) is 5.82 Å². The fraction of sp³-hybridized carbons (Fsp3) is 0.500. The van der Waals surface area contributed by atoms with Crippen LogP contribution in [0.5, 0.6) is 0 Å². The number of hydrogen-bond acceptors (Lipinski definition) is 5. The first-order valence-electron chi connectivity index (χ1n) is 3.71. The number of aliphatic carboxylic acids is 1. The monoisotopic (exact) mass is 241 g/mol. The van der Waals surface area contributed by atoms with Gasteiger partial charge in [-0.2, -0.15) is 22.5 Å². The van der Waals surface area contributed by atoms with Crippen molar-refractivity contribution in [2.24, 2.45) is 0 Å². The van der Waals surface area contributed by atoms with E-state index in [4.69, 9.17) is 5.11 Å². The molecule has 1 rings (SSSR count). The molecule has 1 aromatic heterocycles. The molecule has 0 amide bonds. The number of halogens is 3. The fourth-order valence-corrected chi connectivity index (χ4v) is 1.32. The smallest absolute Gasteiger partial charge is 0.452 e. The number of rotatable bonds is 3. The number of carboxylic acid groups (broad SMARTS) is 1. The molecule has 0 aliphatic carbocycles. The van der Waals surface area contributed by atoms with Gasteiger partial charge >= 0.3 is 12.1 Å². The van der Waals surface area contributed by atoms with Crippen LogP contribution in [-0.4, -0.2) is 26.5 Å². The number of alkyl halides is 3. The van der Waals surface area contributed by atoms with Crippen LogP contribution in [0.3, 0.4) is 0 Å². The maximum atomic E-state index is 12.0. The lowest BCUT2D eigenvalue weighted by Crippen LogP contribution is -2.25. The lowest BCUT2D eigenvalue weighted by Gasteiger charge is -2.05. The molecule has 0 saturated heterocycles. The third kappa shape index (κ3) is 3.05. The average molecular weight is 241 g/mol. The van der Waals surface area contributed by atoms with Crippen molar-refractivity contribution in [2.75, 3.05) is 5.32 Å². The van der Waals surface area contributed by atoms with Crippen molar-refractivity contribution < 1.29 is 23.1 Å². The van der Waals surface area contributed by atoms with Gasteiger partial charge in [0.2, 0.25) is 11.0 Å². The van der Waals surface area contributed by atoms with E-state index in [0.29, 0.717) is 11.5 Å². The molecule has 0 spiro atoms. The summed E-state index contributed by atoms with van der Waals surface area (Å²) in [6.07, 6.45) is -4.61. The number of aromatic nitrogens is 2. The summed E-state index contributed by atoms with van der Waals surface area (Å²) in [6.45, 7) is 1.29. The van der Waals surface area contributed by atoms with Crippen LogP contribution in [-0.2, 0) is 11.0 Å². The minimum atomic E-state index is -4.61. The Labute approximate surface area is 86.1 Å². The van der Waals surface area contributed by atoms with Gasteiger partial charge in [-0.1, -0.05) is 0 Å². The Hall–Kier alpha value is -1.38. The summed E-state index contributed by atoms with van der Waals surface area (Å²) in [5.74, 6) is -2.45. The molecule has 1 unspecified atom stereocenters. The van der Waals surface area contributed by atoms with Gasteiger partial charge in [-0.25, -0.2) is 0 Å². The summed E-state index contributed by atoms with van der Waals surface area (Å²) in [4.78, 5) is 13.5. The number of hydrogen-bond donors (Lipinski definition) is 2. The van der Waals surface area contributed by atoms with Gasteiger partial charge in [-0.3, -0.25) is 4.79 Å². The molecule has 0 radical (unpaired) electrons. The molecule has 1 aromatic rings. The summed E-state index contributed by atoms with van der Waals surface area (Å²) >= 11 is 0.467. The number of carboxylic acids is 1. The Morgan fingerprint density at radius 1 is 1.60 bits per heavy atom. The van der Waals surface area contributed by atoms with E-state index in [1.54, 1.807) is 0 Å². The van der Waals surface area contributed by atoms with Crippen molar-refractivity contribution in [2.45, 2.75) is 19.1 Å². The van der Waals surface area contributed by atoms with Crippen molar-refractivity contribution in [1.82, 2.24) is 9.36 Å². The van der Waals surface area contributed by atoms with E-state index in [1.807, 2.05) is 0 Å². The predicted molar refractivity (Wildman–Crippen MR) is 45.6 cm³/mol. The van der Waals surface area contributed by atoms with E-state index < -0.39 is 24.0 Å². The van der Waals surface area contributed by atoms with Crippen LogP contribution in [0.25, 0.3) is 0 Å².